The zero-order valence-electron chi connectivity index (χ0n) is 47.6. The Morgan fingerprint density at radius 1 is 1.01 bits per heavy atom. The number of likely N-dealkylation sites (N-methyl/N-ethyl adjacent to an activating group) is 1. The molecule has 3 aliphatic heterocycles. The summed E-state index contributed by atoms with van der Waals surface area (Å²) >= 11 is 12.2. The number of aromatic nitrogens is 1. The van der Waals surface area contributed by atoms with Crippen LogP contribution in [0.1, 0.15) is 64.6 Å². The van der Waals surface area contributed by atoms with Gasteiger partial charge in [0.05, 0.1) is 64.7 Å². The van der Waals surface area contributed by atoms with Crippen molar-refractivity contribution < 1.29 is 62.2 Å². The second kappa shape index (κ2) is 29.2. The molecule has 0 spiro atoms. The predicted molar refractivity (Wildman–Crippen MR) is 306 cm³/mol. The molecular weight excluding hydrogens is 1070 g/mol. The lowest BCUT2D eigenvalue weighted by Gasteiger charge is -2.42. The van der Waals surface area contributed by atoms with E-state index in [1.54, 1.807) is 45.2 Å². The van der Waals surface area contributed by atoms with Crippen molar-refractivity contribution in [1.29, 1.82) is 0 Å². The van der Waals surface area contributed by atoms with Gasteiger partial charge in [0, 0.05) is 84.4 Å². The van der Waals surface area contributed by atoms with E-state index in [0.717, 1.165) is 27.7 Å². The van der Waals surface area contributed by atoms with E-state index < -0.39 is 65.7 Å². The third kappa shape index (κ3) is 16.6. The summed E-state index contributed by atoms with van der Waals surface area (Å²) in [4.78, 5) is 70.1. The highest BCUT2D eigenvalue weighted by Crippen LogP contribution is 2.49. The number of rotatable bonds is 23. The van der Waals surface area contributed by atoms with Gasteiger partial charge >= 0.3 is 12.1 Å². The Kier molecular flexibility index (Phi) is 23.1. The van der Waals surface area contributed by atoms with Crippen LogP contribution in [-0.2, 0) is 67.1 Å². The van der Waals surface area contributed by atoms with Crippen LogP contribution >= 0.6 is 23.8 Å². The molecule has 8 atom stereocenters. The first-order chi connectivity index (χ1) is 38.1. The average Bonchev–Trinajstić information content (AvgIpc) is 4.13. The molecule has 22 nitrogen and oxygen atoms in total. The van der Waals surface area contributed by atoms with Crippen molar-refractivity contribution >= 4 is 75.3 Å². The van der Waals surface area contributed by atoms with Crippen LogP contribution in [0.25, 0.3) is 10.9 Å². The van der Waals surface area contributed by atoms with Crippen LogP contribution in [-0.4, -0.2) is 185 Å². The molecule has 3 aromatic rings. The van der Waals surface area contributed by atoms with E-state index in [4.69, 9.17) is 57.0 Å². The number of epoxide rings is 1. The van der Waals surface area contributed by atoms with E-state index in [2.05, 4.69) is 49.5 Å². The molecule has 0 aliphatic carbocycles. The SMILES string of the molecule is CNN(C)Cc1cc2ccccc2n1CCC(=O)NCCNC(=S)NCCOCCOCCC(=O)N(C)[C@@H](C)C(=O)O[C@H]1CC(=O)N(C)c2cc(cc(OC)c2Cl)C/C(C)=C/C=C/[C@@H](OC)[C@@]2(O)C[C@H](OC(=O)N2)[C@@H](C)C2O[C@]21C. The van der Waals surface area contributed by atoms with Crippen LogP contribution < -0.4 is 36.3 Å². The molecular formula is C56H80ClN9O13S. The smallest absolute Gasteiger partial charge is 0.409 e. The number of benzene rings is 2. The highest BCUT2D eigenvalue weighted by atomic mass is 35.5. The molecule has 1 aromatic heterocycles. The Morgan fingerprint density at radius 3 is 2.45 bits per heavy atom. The number of methoxy groups -OCH3 is 2. The van der Waals surface area contributed by atoms with Gasteiger partial charge in [-0.3, -0.25) is 25.1 Å². The maximum atomic E-state index is 14.3. The number of aryl methyl sites for hydroxylation is 1. The number of alkyl carbamates (subject to hydrolysis) is 1. The van der Waals surface area contributed by atoms with E-state index >= 15 is 0 Å². The molecule has 80 heavy (non-hydrogen) atoms. The van der Waals surface area contributed by atoms with Crippen molar-refractivity contribution in [1.82, 2.24) is 41.2 Å². The third-order valence-electron chi connectivity index (χ3n) is 14.9. The fourth-order valence-electron chi connectivity index (χ4n) is 9.84. The standard InChI is InChI=1S/C56H80ClN9O13S/c1-35-14-13-17-45(74-10)56(72)33-44(77-54(71)62-56)36(2)51-55(4,79-51)46(32-49(69)65(8)42-29-38(28-35)30-43(73-9)50(42)57)78-52(70)37(3)64(7)48(68)19-24-75-26-27-76-25-22-61-53(80)60-21-20-59-47(67)18-23-66-40(34-63(6)58-5)31-39-15-11-12-16-41(39)66/h11-17,29-31,36-37,44-46,51,58,72H,18-28,32-34H2,1-10H3,(H,59,67)(H,62,71)(H2,60,61,80)/b17-13+,35-14+/t36-,37+,44+,45-,46+,51?,55+,56+/m1/s1. The number of para-hydroxylation sites is 1. The van der Waals surface area contributed by atoms with E-state index in [9.17, 15) is 29.1 Å². The molecule has 6 N–H and O–H groups in total. The number of hydrogen-bond acceptors (Lipinski definition) is 16. The number of allylic oxidation sites excluding steroid dienone is 3. The van der Waals surface area contributed by atoms with Crippen molar-refractivity contribution in [3.05, 3.63) is 82.5 Å². The van der Waals surface area contributed by atoms with Crippen LogP contribution in [0.15, 0.2) is 66.3 Å². The summed E-state index contributed by atoms with van der Waals surface area (Å²) in [5, 5.41) is 27.2. The molecule has 0 saturated carbocycles. The van der Waals surface area contributed by atoms with E-state index in [1.165, 1.54) is 38.0 Å². The van der Waals surface area contributed by atoms with E-state index in [-0.39, 0.29) is 55.9 Å². The van der Waals surface area contributed by atoms with Crippen molar-refractivity contribution in [2.24, 2.45) is 5.92 Å². The second-order valence-corrected chi connectivity index (χ2v) is 21.4. The second-order valence-electron chi connectivity index (χ2n) is 20.6. The number of esters is 1. The lowest BCUT2D eigenvalue weighted by molar-refractivity contribution is -0.162. The van der Waals surface area contributed by atoms with Crippen molar-refractivity contribution in [2.75, 3.05) is 93.4 Å². The third-order valence-corrected chi connectivity index (χ3v) is 15.5. The molecule has 4 amide bonds. The first kappa shape index (κ1) is 63.3. The molecule has 4 bridgehead atoms. The monoisotopic (exact) mass is 1150 g/mol. The number of carbonyl (C=O) groups is 5. The number of nitrogens with one attached hydrogen (secondary N) is 5. The van der Waals surface area contributed by atoms with Gasteiger partial charge < -0.3 is 68.6 Å². The quantitative estimate of drug-likeness (QED) is 0.0257. The molecule has 3 aliphatic rings. The van der Waals surface area contributed by atoms with Gasteiger partial charge in [-0.15, -0.1) is 0 Å². The lowest BCUT2D eigenvalue weighted by atomic mass is 9.83. The highest BCUT2D eigenvalue weighted by Gasteiger charge is 2.64. The largest absolute Gasteiger partial charge is 0.495 e. The zero-order chi connectivity index (χ0) is 58.3. The molecule has 4 heterocycles. The number of nitrogens with zero attached hydrogens (tertiary/aromatic N) is 4. The summed E-state index contributed by atoms with van der Waals surface area (Å²) in [6.45, 7) is 10.3. The Bertz CT molecular complexity index is 2730. The summed E-state index contributed by atoms with van der Waals surface area (Å²) in [5.74, 6) is -1.92. The summed E-state index contributed by atoms with van der Waals surface area (Å²) < 4.78 is 43.0. The number of halogens is 1. The number of amides is 4. The van der Waals surface area contributed by atoms with Crippen LogP contribution in [0, 0.1) is 5.92 Å². The molecule has 6 rings (SSSR count). The number of ether oxygens (including phenoxy) is 7. The number of hydrazine groups is 1. The normalized spacial score (nSPS) is 24.6. The Morgan fingerprint density at radius 2 is 1.73 bits per heavy atom. The molecule has 24 heteroatoms. The van der Waals surface area contributed by atoms with Gasteiger partial charge in [-0.2, -0.15) is 0 Å². The van der Waals surface area contributed by atoms with E-state index in [1.807, 2.05) is 44.2 Å². The van der Waals surface area contributed by atoms with Crippen molar-refractivity contribution in [2.45, 2.75) is 115 Å². The molecule has 440 valence electrons. The first-order valence-corrected chi connectivity index (χ1v) is 27.7. The molecule has 2 fully saturated rings. The topological polar surface area (TPSA) is 248 Å². The van der Waals surface area contributed by atoms with Crippen LogP contribution in [0.2, 0.25) is 5.02 Å². The number of anilines is 1. The van der Waals surface area contributed by atoms with Gasteiger partial charge in [-0.25, -0.2) is 14.6 Å². The van der Waals surface area contributed by atoms with Gasteiger partial charge in [-0.05, 0) is 81.7 Å². The summed E-state index contributed by atoms with van der Waals surface area (Å²) in [5.41, 5.74) is 4.25. The number of carbonyl (C=O) groups excluding carboxylic acids is 5. The summed E-state index contributed by atoms with van der Waals surface area (Å²) in [6.07, 6.45) is 0.892. The Balaban J connectivity index is 0.944. The Hall–Kier alpha value is -5.89. The van der Waals surface area contributed by atoms with Gasteiger partial charge in [0.1, 0.15) is 40.7 Å². The maximum Gasteiger partial charge on any atom is 0.409 e. The van der Waals surface area contributed by atoms with Crippen LogP contribution in [0.4, 0.5) is 10.5 Å². The van der Waals surface area contributed by atoms with Crippen molar-refractivity contribution in [3.63, 3.8) is 0 Å². The number of thiocarbonyl (C=S) groups is 1. The van der Waals surface area contributed by atoms with Gasteiger partial charge in [0.2, 0.25) is 17.7 Å². The fraction of sp³-hybridized carbons (Fsp3) is 0.571. The minimum atomic E-state index is -1.86. The highest BCUT2D eigenvalue weighted by molar-refractivity contribution is 7.80. The molecule has 2 aromatic carbocycles. The average molecular weight is 1150 g/mol. The molecule has 0 radical (unpaired) electrons. The number of aliphatic hydroxyl groups is 1. The fourth-order valence-corrected chi connectivity index (χ4v) is 10.4. The van der Waals surface area contributed by atoms with Gasteiger partial charge in [-0.1, -0.05) is 60.5 Å². The first-order valence-electron chi connectivity index (χ1n) is 26.9. The van der Waals surface area contributed by atoms with Gasteiger partial charge in [0.25, 0.3) is 0 Å². The maximum absolute atomic E-state index is 14.3. The Labute approximate surface area is 479 Å². The van der Waals surface area contributed by atoms with Crippen LogP contribution in [0.3, 0.4) is 0 Å². The van der Waals surface area contributed by atoms with Crippen LogP contribution in [0.5, 0.6) is 5.75 Å². The predicted octanol–water partition coefficient (Wildman–Crippen LogP) is 4.13. The molecule has 1 unspecified atom stereocenters. The molecule has 2 saturated heterocycles. The minimum absolute atomic E-state index is 0.0388. The van der Waals surface area contributed by atoms with Gasteiger partial charge in [0.15, 0.2) is 10.8 Å². The summed E-state index contributed by atoms with van der Waals surface area (Å²) in [6, 6.07) is 12.8. The minimum Gasteiger partial charge on any atom is -0.495 e. The van der Waals surface area contributed by atoms with Crippen molar-refractivity contribution in [3.8, 4) is 5.75 Å². The number of fused-ring (bicyclic) bond motifs is 6. The zero-order valence-corrected chi connectivity index (χ0v) is 49.1. The number of hydrogen-bond donors (Lipinski definition) is 6. The summed E-state index contributed by atoms with van der Waals surface area (Å²) in [7, 11) is 9.79. The lowest BCUT2D eigenvalue weighted by Crippen LogP contribution is -2.63. The van der Waals surface area contributed by atoms with E-state index in [0.29, 0.717) is 68.7 Å².